The van der Waals surface area contributed by atoms with Crippen molar-refractivity contribution in [2.75, 3.05) is 20.1 Å². The zero-order chi connectivity index (χ0) is 24.1. The van der Waals surface area contributed by atoms with E-state index in [2.05, 4.69) is 0 Å². The standard InChI is InChI=1S/C23H29FN2O5S/c1-6-26(7-2)32(29,30)20-12-11-16(3)21(14-20)23(28)31-17(4)22(27)25(5)15-18-9-8-10-19(24)13-18/h8-14,17H,6-7,15H2,1-5H3. The van der Waals surface area contributed by atoms with Gasteiger partial charge in [-0.05, 0) is 49.2 Å². The van der Waals surface area contributed by atoms with Crippen molar-refractivity contribution in [2.24, 2.45) is 0 Å². The molecule has 0 aliphatic heterocycles. The highest BCUT2D eigenvalue weighted by molar-refractivity contribution is 7.89. The SMILES string of the molecule is CCN(CC)S(=O)(=O)c1ccc(C)c(C(=O)OC(C)C(=O)N(C)Cc2cccc(F)c2)c1. The van der Waals surface area contributed by atoms with Gasteiger partial charge in [-0.1, -0.05) is 32.0 Å². The van der Waals surface area contributed by atoms with Crippen LogP contribution < -0.4 is 0 Å². The molecule has 0 radical (unpaired) electrons. The molecular weight excluding hydrogens is 435 g/mol. The van der Waals surface area contributed by atoms with Crippen molar-refractivity contribution in [3.63, 3.8) is 0 Å². The first kappa shape index (κ1) is 25.5. The zero-order valence-electron chi connectivity index (χ0n) is 19.0. The van der Waals surface area contributed by atoms with Gasteiger partial charge in [0.2, 0.25) is 10.0 Å². The largest absolute Gasteiger partial charge is 0.449 e. The van der Waals surface area contributed by atoms with Crippen LogP contribution in [0.1, 0.15) is 42.3 Å². The number of carbonyl (C=O) groups excluding carboxylic acids is 2. The first-order valence-electron chi connectivity index (χ1n) is 10.3. The summed E-state index contributed by atoms with van der Waals surface area (Å²) in [5.74, 6) is -1.66. The summed E-state index contributed by atoms with van der Waals surface area (Å²) in [6.07, 6.45) is -1.11. The average molecular weight is 465 g/mol. The topological polar surface area (TPSA) is 84.0 Å². The van der Waals surface area contributed by atoms with Crippen LogP contribution in [0.4, 0.5) is 4.39 Å². The van der Waals surface area contributed by atoms with Crippen LogP contribution >= 0.6 is 0 Å². The van der Waals surface area contributed by atoms with E-state index in [1.807, 2.05) is 0 Å². The Kier molecular flexibility index (Phi) is 8.51. The molecule has 9 heteroatoms. The molecule has 1 unspecified atom stereocenters. The van der Waals surface area contributed by atoms with E-state index in [-0.39, 0.29) is 17.0 Å². The first-order chi connectivity index (χ1) is 15.0. The van der Waals surface area contributed by atoms with Crippen molar-refractivity contribution in [3.05, 3.63) is 65.0 Å². The minimum absolute atomic E-state index is 0.0130. The van der Waals surface area contributed by atoms with Crippen LogP contribution in [0.15, 0.2) is 47.4 Å². The van der Waals surface area contributed by atoms with Crippen molar-refractivity contribution >= 4 is 21.9 Å². The molecule has 0 aliphatic carbocycles. The molecule has 0 fully saturated rings. The van der Waals surface area contributed by atoms with Crippen LogP contribution in [0.2, 0.25) is 0 Å². The summed E-state index contributed by atoms with van der Waals surface area (Å²) >= 11 is 0. The lowest BCUT2D eigenvalue weighted by Gasteiger charge is -2.22. The summed E-state index contributed by atoms with van der Waals surface area (Å²) in [5, 5.41) is 0. The first-order valence-corrected chi connectivity index (χ1v) is 11.8. The molecule has 0 heterocycles. The number of esters is 1. The van der Waals surface area contributed by atoms with Crippen LogP contribution in [-0.4, -0.2) is 55.7 Å². The average Bonchev–Trinajstić information content (AvgIpc) is 2.73. The van der Waals surface area contributed by atoms with Gasteiger partial charge in [0.1, 0.15) is 5.82 Å². The van der Waals surface area contributed by atoms with Crippen molar-refractivity contribution in [1.29, 1.82) is 0 Å². The Hall–Kier alpha value is -2.78. The Morgan fingerprint density at radius 2 is 1.75 bits per heavy atom. The third-order valence-corrected chi connectivity index (χ3v) is 7.13. The van der Waals surface area contributed by atoms with Gasteiger partial charge in [-0.2, -0.15) is 4.31 Å². The van der Waals surface area contributed by atoms with Crippen LogP contribution in [0, 0.1) is 12.7 Å². The van der Waals surface area contributed by atoms with Crippen molar-refractivity contribution in [1.82, 2.24) is 9.21 Å². The molecule has 0 saturated heterocycles. The number of halogens is 1. The lowest BCUT2D eigenvalue weighted by Crippen LogP contribution is -2.37. The Bertz CT molecular complexity index is 1080. The highest BCUT2D eigenvalue weighted by Gasteiger charge is 2.26. The third kappa shape index (κ3) is 5.92. The van der Waals surface area contributed by atoms with Gasteiger partial charge in [-0.3, -0.25) is 4.79 Å². The van der Waals surface area contributed by atoms with Crippen LogP contribution in [-0.2, 0) is 26.1 Å². The molecule has 7 nitrogen and oxygen atoms in total. The number of aryl methyl sites for hydroxylation is 1. The molecule has 1 atom stereocenters. The zero-order valence-corrected chi connectivity index (χ0v) is 19.8. The second kappa shape index (κ2) is 10.7. The minimum atomic E-state index is -3.75. The third-order valence-electron chi connectivity index (χ3n) is 5.09. The summed E-state index contributed by atoms with van der Waals surface area (Å²) in [7, 11) is -2.22. The molecule has 0 N–H and O–H groups in total. The lowest BCUT2D eigenvalue weighted by molar-refractivity contribution is -0.139. The van der Waals surface area contributed by atoms with E-state index >= 15 is 0 Å². The Morgan fingerprint density at radius 1 is 1.09 bits per heavy atom. The van der Waals surface area contributed by atoms with E-state index in [0.29, 0.717) is 24.2 Å². The highest BCUT2D eigenvalue weighted by Crippen LogP contribution is 2.21. The quantitative estimate of drug-likeness (QED) is 0.532. The van der Waals surface area contributed by atoms with Crippen LogP contribution in [0.5, 0.6) is 0 Å². The molecule has 0 bridgehead atoms. The number of ether oxygens (including phenoxy) is 1. The summed E-state index contributed by atoms with van der Waals surface area (Å²) in [5.41, 5.74) is 1.21. The number of likely N-dealkylation sites (N-methyl/N-ethyl adjacent to an activating group) is 1. The summed E-state index contributed by atoms with van der Waals surface area (Å²) in [6, 6.07) is 10.1. The molecule has 174 valence electrons. The van der Waals surface area contributed by atoms with E-state index < -0.39 is 33.8 Å². The Morgan fingerprint density at radius 3 is 2.34 bits per heavy atom. The lowest BCUT2D eigenvalue weighted by atomic mass is 10.1. The van der Waals surface area contributed by atoms with Gasteiger partial charge >= 0.3 is 5.97 Å². The fourth-order valence-corrected chi connectivity index (χ4v) is 4.75. The molecule has 0 aromatic heterocycles. The van der Waals surface area contributed by atoms with Gasteiger partial charge in [-0.15, -0.1) is 0 Å². The minimum Gasteiger partial charge on any atom is -0.449 e. The number of hydrogen-bond donors (Lipinski definition) is 0. The van der Waals surface area contributed by atoms with Gasteiger partial charge < -0.3 is 9.64 Å². The van der Waals surface area contributed by atoms with Gasteiger partial charge in [0.05, 0.1) is 10.5 Å². The van der Waals surface area contributed by atoms with Crippen LogP contribution in [0.25, 0.3) is 0 Å². The monoisotopic (exact) mass is 464 g/mol. The van der Waals surface area contributed by atoms with E-state index in [9.17, 15) is 22.4 Å². The maximum absolute atomic E-state index is 13.4. The molecule has 32 heavy (non-hydrogen) atoms. The van der Waals surface area contributed by atoms with Gasteiger partial charge in [0, 0.05) is 26.7 Å². The van der Waals surface area contributed by atoms with E-state index in [1.54, 1.807) is 32.9 Å². The molecule has 2 aromatic carbocycles. The highest BCUT2D eigenvalue weighted by atomic mass is 32.2. The molecule has 2 aromatic rings. The number of benzene rings is 2. The molecule has 0 saturated carbocycles. The molecule has 0 spiro atoms. The maximum atomic E-state index is 13.4. The number of nitrogens with zero attached hydrogens (tertiary/aromatic N) is 2. The van der Waals surface area contributed by atoms with Gasteiger partial charge in [0.15, 0.2) is 6.10 Å². The summed E-state index contributed by atoms with van der Waals surface area (Å²) < 4.78 is 45.6. The molecule has 0 aliphatic rings. The smallest absolute Gasteiger partial charge is 0.339 e. The Balaban J connectivity index is 2.16. The molecule has 2 rings (SSSR count). The maximum Gasteiger partial charge on any atom is 0.339 e. The molecular formula is C23H29FN2O5S. The number of carbonyl (C=O) groups is 2. The van der Waals surface area contributed by atoms with Crippen LogP contribution in [0.3, 0.4) is 0 Å². The van der Waals surface area contributed by atoms with Crippen molar-refractivity contribution in [2.45, 2.75) is 45.2 Å². The second-order valence-electron chi connectivity index (χ2n) is 7.44. The molecule has 1 amide bonds. The second-order valence-corrected chi connectivity index (χ2v) is 9.38. The predicted octanol–water partition coefficient (Wildman–Crippen LogP) is 3.37. The predicted molar refractivity (Wildman–Crippen MR) is 119 cm³/mol. The van der Waals surface area contributed by atoms with E-state index in [1.165, 1.54) is 53.5 Å². The number of amides is 1. The number of rotatable bonds is 9. The number of hydrogen-bond acceptors (Lipinski definition) is 5. The fraction of sp³-hybridized carbons (Fsp3) is 0.391. The van der Waals surface area contributed by atoms with Gasteiger partial charge in [-0.25, -0.2) is 17.6 Å². The van der Waals surface area contributed by atoms with Crippen molar-refractivity contribution in [3.8, 4) is 0 Å². The summed E-state index contributed by atoms with van der Waals surface area (Å²) in [4.78, 5) is 26.7. The van der Waals surface area contributed by atoms with E-state index in [4.69, 9.17) is 4.74 Å². The Labute approximate surface area is 188 Å². The number of sulfonamides is 1. The fourth-order valence-electron chi connectivity index (χ4n) is 3.27. The van der Waals surface area contributed by atoms with Gasteiger partial charge in [0.25, 0.3) is 5.91 Å². The van der Waals surface area contributed by atoms with Crippen molar-refractivity contribution < 1.29 is 27.1 Å². The van der Waals surface area contributed by atoms with E-state index in [0.717, 1.165) is 0 Å². The normalized spacial score (nSPS) is 12.5. The summed E-state index contributed by atoms with van der Waals surface area (Å²) in [6.45, 7) is 7.32.